The summed E-state index contributed by atoms with van der Waals surface area (Å²) in [4.78, 5) is 12.2. The molecule has 18 heavy (non-hydrogen) atoms. The number of benzene rings is 1. The lowest BCUT2D eigenvalue weighted by atomic mass is 10.1. The van der Waals surface area contributed by atoms with Crippen LogP contribution in [0.5, 0.6) is 0 Å². The van der Waals surface area contributed by atoms with Crippen LogP contribution in [-0.2, 0) is 4.79 Å². The number of hydrogen-bond acceptors (Lipinski definition) is 2. The molecule has 1 heterocycles. The highest BCUT2D eigenvalue weighted by Gasteiger charge is 2.19. The second-order valence-corrected chi connectivity index (χ2v) is 5.24. The summed E-state index contributed by atoms with van der Waals surface area (Å²) in [7, 11) is 0. The van der Waals surface area contributed by atoms with Crippen molar-refractivity contribution in [2.75, 3.05) is 11.9 Å². The molecular formula is C14H19ClN2O. The van der Waals surface area contributed by atoms with Crippen LogP contribution < -0.4 is 10.6 Å². The highest BCUT2D eigenvalue weighted by molar-refractivity contribution is 6.31. The molecule has 1 saturated heterocycles. The number of halogens is 1. The van der Waals surface area contributed by atoms with Crippen LogP contribution in [0.1, 0.15) is 31.2 Å². The van der Waals surface area contributed by atoms with Gasteiger partial charge in [-0.05, 0) is 44.0 Å². The molecule has 1 atom stereocenters. The molecule has 0 aliphatic carbocycles. The molecule has 2 N–H and O–H groups in total. The average molecular weight is 267 g/mol. The van der Waals surface area contributed by atoms with E-state index in [1.165, 1.54) is 6.42 Å². The molecule has 3 nitrogen and oxygen atoms in total. The molecule has 0 aromatic heterocycles. The summed E-state index contributed by atoms with van der Waals surface area (Å²) in [5.41, 5.74) is 1.83. The zero-order chi connectivity index (χ0) is 13.0. The standard InChI is InChI=1S/C14H19ClN2O/c1-10-6-7-11(15)9-13(10)17-14(18)12-5-3-2-4-8-16-12/h6-7,9,12,16H,2-5,8H2,1H3,(H,17,18). The van der Waals surface area contributed by atoms with E-state index >= 15 is 0 Å². The van der Waals surface area contributed by atoms with Crippen molar-refractivity contribution in [2.24, 2.45) is 0 Å². The molecule has 1 aromatic rings. The molecule has 0 radical (unpaired) electrons. The zero-order valence-electron chi connectivity index (χ0n) is 10.6. The van der Waals surface area contributed by atoms with Crippen LogP contribution >= 0.6 is 11.6 Å². The van der Waals surface area contributed by atoms with Gasteiger partial charge in [-0.2, -0.15) is 0 Å². The maximum Gasteiger partial charge on any atom is 0.241 e. The monoisotopic (exact) mass is 266 g/mol. The molecule has 0 saturated carbocycles. The molecule has 0 spiro atoms. The van der Waals surface area contributed by atoms with Crippen molar-refractivity contribution >= 4 is 23.2 Å². The number of aryl methyl sites for hydroxylation is 1. The average Bonchev–Trinajstić information content (AvgIpc) is 2.62. The lowest BCUT2D eigenvalue weighted by Gasteiger charge is -2.16. The summed E-state index contributed by atoms with van der Waals surface area (Å²) in [5.74, 6) is 0.0438. The van der Waals surface area contributed by atoms with Crippen molar-refractivity contribution in [3.05, 3.63) is 28.8 Å². The van der Waals surface area contributed by atoms with Crippen LogP contribution in [0.4, 0.5) is 5.69 Å². The van der Waals surface area contributed by atoms with Crippen molar-refractivity contribution in [3.63, 3.8) is 0 Å². The van der Waals surface area contributed by atoms with Crippen molar-refractivity contribution in [1.82, 2.24) is 5.32 Å². The number of nitrogens with one attached hydrogen (secondary N) is 2. The first kappa shape index (κ1) is 13.4. The fourth-order valence-corrected chi connectivity index (χ4v) is 2.37. The number of rotatable bonds is 2. The smallest absolute Gasteiger partial charge is 0.241 e. The molecule has 1 aliphatic heterocycles. The Bertz CT molecular complexity index is 426. The maximum absolute atomic E-state index is 12.2. The summed E-state index contributed by atoms with van der Waals surface area (Å²) in [6.07, 6.45) is 4.37. The van der Waals surface area contributed by atoms with E-state index in [0.29, 0.717) is 5.02 Å². The molecule has 1 amide bonds. The maximum atomic E-state index is 12.2. The van der Waals surface area contributed by atoms with E-state index in [0.717, 1.165) is 37.1 Å². The summed E-state index contributed by atoms with van der Waals surface area (Å²) < 4.78 is 0. The van der Waals surface area contributed by atoms with E-state index in [1.54, 1.807) is 6.07 Å². The van der Waals surface area contributed by atoms with Gasteiger partial charge >= 0.3 is 0 Å². The van der Waals surface area contributed by atoms with Crippen LogP contribution in [0.2, 0.25) is 5.02 Å². The third kappa shape index (κ3) is 3.47. The molecule has 98 valence electrons. The van der Waals surface area contributed by atoms with Gasteiger partial charge in [0.05, 0.1) is 6.04 Å². The minimum absolute atomic E-state index is 0.0438. The Balaban J connectivity index is 2.03. The quantitative estimate of drug-likeness (QED) is 0.864. The Labute approximate surface area is 113 Å². The molecule has 4 heteroatoms. The number of anilines is 1. The van der Waals surface area contributed by atoms with Gasteiger partial charge in [0.25, 0.3) is 0 Å². The Morgan fingerprint density at radius 3 is 3.06 bits per heavy atom. The third-order valence-electron chi connectivity index (χ3n) is 3.33. The predicted octanol–water partition coefficient (Wildman–Crippen LogP) is 3.12. The SMILES string of the molecule is Cc1ccc(Cl)cc1NC(=O)C1CCCCCN1. The molecule has 0 bridgehead atoms. The van der Waals surface area contributed by atoms with Gasteiger partial charge in [0, 0.05) is 10.7 Å². The zero-order valence-corrected chi connectivity index (χ0v) is 11.4. The van der Waals surface area contributed by atoms with E-state index in [4.69, 9.17) is 11.6 Å². The molecule has 2 rings (SSSR count). The fraction of sp³-hybridized carbons (Fsp3) is 0.500. The van der Waals surface area contributed by atoms with Gasteiger partial charge in [-0.25, -0.2) is 0 Å². The summed E-state index contributed by atoms with van der Waals surface area (Å²) >= 11 is 5.95. The number of amides is 1. The third-order valence-corrected chi connectivity index (χ3v) is 3.57. The van der Waals surface area contributed by atoms with E-state index < -0.39 is 0 Å². The van der Waals surface area contributed by atoms with Crippen molar-refractivity contribution < 1.29 is 4.79 Å². The Morgan fingerprint density at radius 2 is 2.22 bits per heavy atom. The van der Waals surface area contributed by atoms with Crippen LogP contribution in [0.3, 0.4) is 0 Å². The number of hydrogen-bond donors (Lipinski definition) is 2. The van der Waals surface area contributed by atoms with Gasteiger partial charge in [0.2, 0.25) is 5.91 Å². The minimum Gasteiger partial charge on any atom is -0.324 e. The normalized spacial score (nSPS) is 20.2. The Hall–Kier alpha value is -1.06. The molecule has 1 unspecified atom stereocenters. The molecule has 1 fully saturated rings. The lowest BCUT2D eigenvalue weighted by Crippen LogP contribution is -2.39. The summed E-state index contributed by atoms with van der Waals surface area (Å²) in [6, 6.07) is 5.46. The van der Waals surface area contributed by atoms with E-state index in [1.807, 2.05) is 19.1 Å². The molecule has 1 aliphatic rings. The van der Waals surface area contributed by atoms with Crippen LogP contribution in [0.15, 0.2) is 18.2 Å². The van der Waals surface area contributed by atoms with Crippen molar-refractivity contribution in [2.45, 2.75) is 38.6 Å². The first-order valence-electron chi connectivity index (χ1n) is 6.47. The van der Waals surface area contributed by atoms with E-state index in [-0.39, 0.29) is 11.9 Å². The second kappa shape index (κ2) is 6.21. The van der Waals surface area contributed by atoms with E-state index in [9.17, 15) is 4.79 Å². The second-order valence-electron chi connectivity index (χ2n) is 4.80. The number of carbonyl (C=O) groups is 1. The Morgan fingerprint density at radius 1 is 1.39 bits per heavy atom. The van der Waals surface area contributed by atoms with Gasteiger partial charge in [0.1, 0.15) is 0 Å². The topological polar surface area (TPSA) is 41.1 Å². The summed E-state index contributed by atoms with van der Waals surface area (Å²) in [6.45, 7) is 2.89. The van der Waals surface area contributed by atoms with Crippen LogP contribution in [0, 0.1) is 6.92 Å². The van der Waals surface area contributed by atoms with Crippen LogP contribution in [0.25, 0.3) is 0 Å². The first-order valence-corrected chi connectivity index (χ1v) is 6.85. The molecular weight excluding hydrogens is 248 g/mol. The van der Waals surface area contributed by atoms with Crippen molar-refractivity contribution in [1.29, 1.82) is 0 Å². The van der Waals surface area contributed by atoms with Gasteiger partial charge in [-0.15, -0.1) is 0 Å². The van der Waals surface area contributed by atoms with Gasteiger partial charge in [0.15, 0.2) is 0 Å². The molecule has 1 aromatic carbocycles. The highest BCUT2D eigenvalue weighted by atomic mass is 35.5. The van der Waals surface area contributed by atoms with E-state index in [2.05, 4.69) is 10.6 Å². The highest BCUT2D eigenvalue weighted by Crippen LogP contribution is 2.21. The van der Waals surface area contributed by atoms with Gasteiger partial charge in [-0.3, -0.25) is 4.79 Å². The van der Waals surface area contributed by atoms with Gasteiger partial charge < -0.3 is 10.6 Å². The van der Waals surface area contributed by atoms with Gasteiger partial charge in [-0.1, -0.05) is 30.5 Å². The summed E-state index contributed by atoms with van der Waals surface area (Å²) in [5, 5.41) is 6.90. The predicted molar refractivity (Wildman–Crippen MR) is 75.1 cm³/mol. The largest absolute Gasteiger partial charge is 0.324 e. The Kier molecular flexibility index (Phi) is 4.61. The fourth-order valence-electron chi connectivity index (χ4n) is 2.20. The first-order chi connectivity index (χ1) is 8.66. The van der Waals surface area contributed by atoms with Crippen LogP contribution in [-0.4, -0.2) is 18.5 Å². The van der Waals surface area contributed by atoms with Crippen molar-refractivity contribution in [3.8, 4) is 0 Å². The lowest BCUT2D eigenvalue weighted by molar-refractivity contribution is -0.118. The minimum atomic E-state index is -0.0779. The number of carbonyl (C=O) groups excluding carboxylic acids is 1.